The number of anilines is 1. The molecule has 0 bridgehead atoms. The van der Waals surface area contributed by atoms with Crippen molar-refractivity contribution in [2.24, 2.45) is 5.73 Å². The maximum atomic E-state index is 6.12. The number of halogens is 4. The van der Waals surface area contributed by atoms with E-state index < -0.39 is 0 Å². The minimum absolute atomic E-state index is 0.0298. The Morgan fingerprint density at radius 2 is 1.60 bits per heavy atom. The van der Waals surface area contributed by atoms with E-state index in [2.05, 4.69) is 37.2 Å². The third-order valence-corrected chi connectivity index (χ3v) is 5.31. The molecular formula is C14H12Br2Cl2N2. The van der Waals surface area contributed by atoms with E-state index in [0.29, 0.717) is 16.6 Å². The van der Waals surface area contributed by atoms with E-state index in [4.69, 9.17) is 28.9 Å². The summed E-state index contributed by atoms with van der Waals surface area (Å²) in [6.07, 6.45) is 0. The maximum absolute atomic E-state index is 6.12. The van der Waals surface area contributed by atoms with Crippen LogP contribution in [0.1, 0.15) is 11.6 Å². The molecular weight excluding hydrogens is 427 g/mol. The van der Waals surface area contributed by atoms with Gasteiger partial charge in [-0.05, 0) is 67.8 Å². The number of hydrogen-bond donors (Lipinski definition) is 2. The normalized spacial score (nSPS) is 12.2. The largest absolute Gasteiger partial charge is 0.377 e. The highest BCUT2D eigenvalue weighted by Gasteiger charge is 2.11. The first kappa shape index (κ1) is 16.1. The SMILES string of the molecule is NCC(Nc1ccc(Br)c(Cl)c1)c1ccc(Br)c(Cl)c1. The van der Waals surface area contributed by atoms with Crippen molar-refractivity contribution in [1.82, 2.24) is 0 Å². The lowest BCUT2D eigenvalue weighted by molar-refractivity contribution is 0.790. The topological polar surface area (TPSA) is 38.0 Å². The number of nitrogens with two attached hydrogens (primary N) is 1. The van der Waals surface area contributed by atoms with Crippen LogP contribution in [0.2, 0.25) is 10.0 Å². The van der Waals surface area contributed by atoms with Gasteiger partial charge in [-0.1, -0.05) is 29.3 Å². The average Bonchev–Trinajstić information content (AvgIpc) is 2.43. The van der Waals surface area contributed by atoms with Crippen LogP contribution in [0.25, 0.3) is 0 Å². The van der Waals surface area contributed by atoms with Crippen LogP contribution in [0.4, 0.5) is 5.69 Å². The fraction of sp³-hybridized carbons (Fsp3) is 0.143. The minimum Gasteiger partial charge on any atom is -0.377 e. The van der Waals surface area contributed by atoms with Gasteiger partial charge >= 0.3 is 0 Å². The number of hydrogen-bond acceptors (Lipinski definition) is 2. The smallest absolute Gasteiger partial charge is 0.0636 e. The molecule has 1 atom stereocenters. The fourth-order valence-electron chi connectivity index (χ4n) is 1.79. The molecule has 0 amide bonds. The molecule has 0 aliphatic carbocycles. The van der Waals surface area contributed by atoms with Gasteiger partial charge in [0.15, 0.2) is 0 Å². The van der Waals surface area contributed by atoms with Crippen molar-refractivity contribution in [3.05, 3.63) is 61.0 Å². The number of benzene rings is 2. The third kappa shape index (κ3) is 3.89. The van der Waals surface area contributed by atoms with Gasteiger partial charge in [-0.3, -0.25) is 0 Å². The Kier molecular flexibility index (Phi) is 5.75. The molecule has 2 rings (SSSR count). The molecule has 2 aromatic rings. The molecule has 0 saturated carbocycles. The molecule has 0 spiro atoms. The number of rotatable bonds is 4. The Hall–Kier alpha value is -0.260. The molecule has 0 aliphatic rings. The molecule has 0 heterocycles. The molecule has 0 saturated heterocycles. The lowest BCUT2D eigenvalue weighted by Gasteiger charge is -2.19. The summed E-state index contributed by atoms with van der Waals surface area (Å²) in [4.78, 5) is 0. The quantitative estimate of drug-likeness (QED) is 0.649. The molecule has 0 radical (unpaired) electrons. The van der Waals surface area contributed by atoms with Gasteiger partial charge in [0.25, 0.3) is 0 Å². The van der Waals surface area contributed by atoms with E-state index in [0.717, 1.165) is 20.2 Å². The summed E-state index contributed by atoms with van der Waals surface area (Å²) >= 11 is 19.0. The van der Waals surface area contributed by atoms with Gasteiger partial charge in [-0.15, -0.1) is 0 Å². The molecule has 0 fully saturated rings. The predicted molar refractivity (Wildman–Crippen MR) is 93.7 cm³/mol. The van der Waals surface area contributed by atoms with E-state index >= 15 is 0 Å². The first-order valence-corrected chi connectivity index (χ1v) is 8.22. The highest BCUT2D eigenvalue weighted by atomic mass is 79.9. The summed E-state index contributed by atoms with van der Waals surface area (Å²) < 4.78 is 1.73. The minimum atomic E-state index is -0.0298. The van der Waals surface area contributed by atoms with Gasteiger partial charge in [0, 0.05) is 21.2 Å². The van der Waals surface area contributed by atoms with Gasteiger partial charge in [-0.25, -0.2) is 0 Å². The average molecular weight is 439 g/mol. The zero-order valence-corrected chi connectivity index (χ0v) is 15.0. The second-order valence-electron chi connectivity index (χ2n) is 4.24. The molecule has 106 valence electrons. The van der Waals surface area contributed by atoms with Gasteiger partial charge < -0.3 is 11.1 Å². The first-order valence-electron chi connectivity index (χ1n) is 5.88. The predicted octanol–water partition coefficient (Wildman–Crippen LogP) is 5.63. The summed E-state index contributed by atoms with van der Waals surface area (Å²) in [5, 5.41) is 4.67. The van der Waals surface area contributed by atoms with Crippen LogP contribution >= 0.6 is 55.1 Å². The Morgan fingerprint density at radius 3 is 2.15 bits per heavy atom. The maximum Gasteiger partial charge on any atom is 0.0636 e. The van der Waals surface area contributed by atoms with Gasteiger partial charge in [-0.2, -0.15) is 0 Å². The summed E-state index contributed by atoms with van der Waals surface area (Å²) in [6, 6.07) is 11.5. The summed E-state index contributed by atoms with van der Waals surface area (Å²) in [5.74, 6) is 0. The van der Waals surface area contributed by atoms with Crippen molar-refractivity contribution in [1.29, 1.82) is 0 Å². The van der Waals surface area contributed by atoms with Crippen molar-refractivity contribution in [3.8, 4) is 0 Å². The van der Waals surface area contributed by atoms with Crippen molar-refractivity contribution < 1.29 is 0 Å². The van der Waals surface area contributed by atoms with Crippen molar-refractivity contribution >= 4 is 60.7 Å². The summed E-state index contributed by atoms with van der Waals surface area (Å²) in [7, 11) is 0. The van der Waals surface area contributed by atoms with Crippen LogP contribution in [-0.2, 0) is 0 Å². The first-order chi connectivity index (χ1) is 9.51. The molecule has 3 N–H and O–H groups in total. The zero-order chi connectivity index (χ0) is 14.7. The molecule has 2 aromatic carbocycles. The third-order valence-electron chi connectivity index (χ3n) is 2.84. The van der Waals surface area contributed by atoms with Gasteiger partial charge in [0.1, 0.15) is 0 Å². The van der Waals surface area contributed by atoms with Crippen LogP contribution in [0.3, 0.4) is 0 Å². The van der Waals surface area contributed by atoms with Crippen molar-refractivity contribution in [2.75, 3.05) is 11.9 Å². The Balaban J connectivity index is 2.23. The lowest BCUT2D eigenvalue weighted by Crippen LogP contribution is -2.20. The molecule has 20 heavy (non-hydrogen) atoms. The Labute approximate surface area is 144 Å². The lowest BCUT2D eigenvalue weighted by atomic mass is 10.1. The van der Waals surface area contributed by atoms with Crippen molar-refractivity contribution in [3.63, 3.8) is 0 Å². The van der Waals surface area contributed by atoms with Crippen LogP contribution in [-0.4, -0.2) is 6.54 Å². The van der Waals surface area contributed by atoms with E-state index in [1.807, 2.05) is 36.4 Å². The summed E-state index contributed by atoms with van der Waals surface area (Å²) in [6.45, 7) is 0.450. The number of nitrogens with one attached hydrogen (secondary N) is 1. The van der Waals surface area contributed by atoms with Crippen LogP contribution in [0.15, 0.2) is 45.3 Å². The van der Waals surface area contributed by atoms with Crippen LogP contribution in [0, 0.1) is 0 Å². The molecule has 0 aromatic heterocycles. The van der Waals surface area contributed by atoms with Crippen LogP contribution < -0.4 is 11.1 Å². The highest BCUT2D eigenvalue weighted by molar-refractivity contribution is 9.10. The van der Waals surface area contributed by atoms with Gasteiger partial charge in [0.2, 0.25) is 0 Å². The van der Waals surface area contributed by atoms with E-state index in [-0.39, 0.29) is 6.04 Å². The molecule has 2 nitrogen and oxygen atoms in total. The zero-order valence-electron chi connectivity index (χ0n) is 10.3. The second kappa shape index (κ2) is 7.14. The Morgan fingerprint density at radius 1 is 1.00 bits per heavy atom. The van der Waals surface area contributed by atoms with Crippen molar-refractivity contribution in [2.45, 2.75) is 6.04 Å². The standard InChI is InChI=1S/C14H12Br2Cl2N2/c15-10-3-1-8(5-12(10)17)14(7-19)20-9-2-4-11(16)13(18)6-9/h1-6,14,20H,7,19H2. The van der Waals surface area contributed by atoms with E-state index in [9.17, 15) is 0 Å². The van der Waals surface area contributed by atoms with E-state index in [1.165, 1.54) is 0 Å². The Bertz CT molecular complexity index is 620. The second-order valence-corrected chi connectivity index (χ2v) is 6.76. The highest BCUT2D eigenvalue weighted by Crippen LogP contribution is 2.30. The van der Waals surface area contributed by atoms with E-state index in [1.54, 1.807) is 0 Å². The molecule has 1 unspecified atom stereocenters. The fourth-order valence-corrected chi connectivity index (χ4v) is 2.66. The molecule has 0 aliphatic heterocycles. The summed E-state index contributed by atoms with van der Waals surface area (Å²) in [5.41, 5.74) is 7.79. The molecule has 6 heteroatoms. The van der Waals surface area contributed by atoms with Crippen LogP contribution in [0.5, 0.6) is 0 Å². The monoisotopic (exact) mass is 436 g/mol. The van der Waals surface area contributed by atoms with Gasteiger partial charge in [0.05, 0.1) is 16.1 Å².